The first-order valence-corrected chi connectivity index (χ1v) is 7.87. The second-order valence-electron chi connectivity index (χ2n) is 4.45. The largest absolute Gasteiger partial charge is 0.439 e. The van der Waals surface area contributed by atoms with Crippen molar-refractivity contribution < 1.29 is 18.3 Å². The predicted molar refractivity (Wildman–Crippen MR) is 74.5 cm³/mol. The van der Waals surface area contributed by atoms with Crippen LogP contribution < -0.4 is 4.74 Å². The van der Waals surface area contributed by atoms with Gasteiger partial charge in [-0.1, -0.05) is 6.07 Å². The summed E-state index contributed by atoms with van der Waals surface area (Å²) < 4.78 is 28.4. The summed E-state index contributed by atoms with van der Waals surface area (Å²) in [5, 5.41) is 9.38. The summed E-state index contributed by atoms with van der Waals surface area (Å²) in [6.45, 7) is 1.65. The van der Waals surface area contributed by atoms with E-state index in [4.69, 9.17) is 4.74 Å². The number of aliphatic hydroxyl groups is 1. The quantitative estimate of drug-likeness (QED) is 0.936. The first-order chi connectivity index (χ1) is 9.36. The fourth-order valence-corrected chi connectivity index (χ4v) is 2.24. The summed E-state index contributed by atoms with van der Waals surface area (Å²) in [7, 11) is -3.27. The molecule has 106 valence electrons. The first kappa shape index (κ1) is 14.5. The van der Waals surface area contributed by atoms with Crippen molar-refractivity contribution in [3.63, 3.8) is 0 Å². The second-order valence-corrected chi connectivity index (χ2v) is 6.47. The fraction of sp³-hybridized carbons (Fsp3) is 0.214. The van der Waals surface area contributed by atoms with Crippen LogP contribution in [0.4, 0.5) is 0 Å². The minimum Gasteiger partial charge on any atom is -0.439 e. The van der Waals surface area contributed by atoms with Gasteiger partial charge >= 0.3 is 0 Å². The summed E-state index contributed by atoms with van der Waals surface area (Å²) >= 11 is 0. The summed E-state index contributed by atoms with van der Waals surface area (Å²) in [4.78, 5) is 4.25. The molecule has 0 amide bonds. The predicted octanol–water partition coefficient (Wildman–Crippen LogP) is 2.33. The van der Waals surface area contributed by atoms with E-state index in [1.54, 1.807) is 31.2 Å². The standard InChI is InChI=1S/C14H15NO4S/c1-10(16)11-6-7-14(15-9-11)19-12-4-3-5-13(8-12)20(2,17)18/h3-10,16H,1-2H3/t10-/m1/s1. The minimum atomic E-state index is -3.27. The summed E-state index contributed by atoms with van der Waals surface area (Å²) in [6, 6.07) is 9.53. The third kappa shape index (κ3) is 3.55. The average Bonchev–Trinajstić information content (AvgIpc) is 2.38. The van der Waals surface area contributed by atoms with Crippen molar-refractivity contribution >= 4 is 9.84 Å². The SMILES string of the molecule is C[C@@H](O)c1ccc(Oc2cccc(S(C)(=O)=O)c2)nc1. The van der Waals surface area contributed by atoms with Crippen LogP contribution in [-0.2, 0) is 9.84 Å². The molecule has 5 nitrogen and oxygen atoms in total. The Morgan fingerprint density at radius 2 is 2.00 bits per heavy atom. The van der Waals surface area contributed by atoms with Gasteiger partial charge in [0.25, 0.3) is 0 Å². The van der Waals surface area contributed by atoms with Gasteiger partial charge in [-0.15, -0.1) is 0 Å². The van der Waals surface area contributed by atoms with E-state index in [0.717, 1.165) is 6.26 Å². The van der Waals surface area contributed by atoms with Gasteiger partial charge in [0.15, 0.2) is 9.84 Å². The zero-order valence-corrected chi connectivity index (χ0v) is 12.0. The average molecular weight is 293 g/mol. The number of pyridine rings is 1. The van der Waals surface area contributed by atoms with Gasteiger partial charge in [0.05, 0.1) is 11.0 Å². The highest BCUT2D eigenvalue weighted by atomic mass is 32.2. The normalized spacial score (nSPS) is 12.9. The zero-order chi connectivity index (χ0) is 14.8. The highest BCUT2D eigenvalue weighted by molar-refractivity contribution is 7.90. The lowest BCUT2D eigenvalue weighted by Crippen LogP contribution is -1.97. The Bertz CT molecular complexity index is 693. The summed E-state index contributed by atoms with van der Waals surface area (Å²) in [5.74, 6) is 0.727. The van der Waals surface area contributed by atoms with Crippen molar-refractivity contribution in [2.45, 2.75) is 17.9 Å². The highest BCUT2D eigenvalue weighted by Gasteiger charge is 2.09. The van der Waals surface area contributed by atoms with Crippen LogP contribution in [0.25, 0.3) is 0 Å². The molecule has 1 aromatic heterocycles. The number of nitrogens with zero attached hydrogens (tertiary/aromatic N) is 1. The van der Waals surface area contributed by atoms with Crippen molar-refractivity contribution in [1.29, 1.82) is 0 Å². The Balaban J connectivity index is 2.22. The number of hydrogen-bond donors (Lipinski definition) is 1. The number of rotatable bonds is 4. The van der Waals surface area contributed by atoms with E-state index in [0.29, 0.717) is 17.2 Å². The second kappa shape index (κ2) is 5.60. The van der Waals surface area contributed by atoms with E-state index in [-0.39, 0.29) is 4.90 Å². The van der Waals surface area contributed by atoms with Crippen LogP contribution >= 0.6 is 0 Å². The number of aliphatic hydroxyl groups excluding tert-OH is 1. The maximum Gasteiger partial charge on any atom is 0.219 e. The van der Waals surface area contributed by atoms with Crippen LogP contribution in [0.5, 0.6) is 11.6 Å². The summed E-state index contributed by atoms with van der Waals surface area (Å²) in [5.41, 5.74) is 0.683. The Morgan fingerprint density at radius 1 is 1.25 bits per heavy atom. The molecule has 0 aliphatic heterocycles. The molecule has 0 aliphatic carbocycles. The Labute approximate surface area is 117 Å². The lowest BCUT2D eigenvalue weighted by molar-refractivity contribution is 0.198. The van der Waals surface area contributed by atoms with Crippen LogP contribution in [0.15, 0.2) is 47.5 Å². The van der Waals surface area contributed by atoms with Crippen molar-refractivity contribution in [3.8, 4) is 11.6 Å². The van der Waals surface area contributed by atoms with Crippen molar-refractivity contribution in [2.24, 2.45) is 0 Å². The maximum atomic E-state index is 11.5. The minimum absolute atomic E-state index is 0.190. The number of ether oxygens (including phenoxy) is 1. The molecular weight excluding hydrogens is 278 g/mol. The van der Waals surface area contributed by atoms with Crippen molar-refractivity contribution in [1.82, 2.24) is 4.98 Å². The van der Waals surface area contributed by atoms with E-state index in [1.807, 2.05) is 0 Å². The first-order valence-electron chi connectivity index (χ1n) is 5.98. The Morgan fingerprint density at radius 3 is 2.55 bits per heavy atom. The molecule has 2 aromatic rings. The maximum absolute atomic E-state index is 11.5. The lowest BCUT2D eigenvalue weighted by Gasteiger charge is -2.08. The molecule has 0 aliphatic rings. The molecule has 20 heavy (non-hydrogen) atoms. The van der Waals surface area contributed by atoms with E-state index in [9.17, 15) is 13.5 Å². The Hall–Kier alpha value is -1.92. The third-order valence-electron chi connectivity index (χ3n) is 2.70. The third-order valence-corrected chi connectivity index (χ3v) is 3.81. The van der Waals surface area contributed by atoms with Gasteiger partial charge in [-0.3, -0.25) is 0 Å². The molecule has 1 N–H and O–H groups in total. The molecule has 1 heterocycles. The molecule has 1 atom stereocenters. The molecule has 1 aromatic carbocycles. The molecule has 0 spiro atoms. The number of hydrogen-bond acceptors (Lipinski definition) is 5. The molecule has 0 saturated carbocycles. The number of benzene rings is 1. The van der Waals surface area contributed by atoms with Crippen molar-refractivity contribution in [3.05, 3.63) is 48.2 Å². The molecule has 0 radical (unpaired) electrons. The van der Waals surface area contributed by atoms with Crippen LogP contribution in [0, 0.1) is 0 Å². The number of aromatic nitrogens is 1. The van der Waals surface area contributed by atoms with Gasteiger partial charge in [-0.05, 0) is 36.8 Å². The molecule has 0 saturated heterocycles. The lowest BCUT2D eigenvalue weighted by atomic mass is 10.2. The zero-order valence-electron chi connectivity index (χ0n) is 11.1. The van der Waals surface area contributed by atoms with Gasteiger partial charge in [0.1, 0.15) is 5.75 Å². The van der Waals surface area contributed by atoms with Gasteiger partial charge < -0.3 is 9.84 Å². The molecule has 0 fully saturated rings. The van der Waals surface area contributed by atoms with Gasteiger partial charge in [0, 0.05) is 18.5 Å². The van der Waals surface area contributed by atoms with E-state index >= 15 is 0 Å². The smallest absolute Gasteiger partial charge is 0.219 e. The highest BCUT2D eigenvalue weighted by Crippen LogP contribution is 2.23. The molecule has 6 heteroatoms. The van der Waals surface area contributed by atoms with E-state index < -0.39 is 15.9 Å². The molecule has 0 unspecified atom stereocenters. The Kier molecular flexibility index (Phi) is 4.06. The van der Waals surface area contributed by atoms with Gasteiger partial charge in [0.2, 0.25) is 5.88 Å². The monoisotopic (exact) mass is 293 g/mol. The van der Waals surface area contributed by atoms with E-state index in [2.05, 4.69) is 4.98 Å². The number of sulfone groups is 1. The summed E-state index contributed by atoms with van der Waals surface area (Å²) in [6.07, 6.45) is 2.06. The van der Waals surface area contributed by atoms with Crippen LogP contribution in [0.1, 0.15) is 18.6 Å². The van der Waals surface area contributed by atoms with Crippen molar-refractivity contribution in [2.75, 3.05) is 6.26 Å². The van der Waals surface area contributed by atoms with E-state index in [1.165, 1.54) is 18.3 Å². The topological polar surface area (TPSA) is 76.5 Å². The van der Waals surface area contributed by atoms with Crippen LogP contribution in [0.3, 0.4) is 0 Å². The van der Waals surface area contributed by atoms with Crippen LogP contribution in [-0.4, -0.2) is 24.8 Å². The fourth-order valence-electron chi connectivity index (χ4n) is 1.59. The molecular formula is C14H15NO4S. The molecule has 0 bridgehead atoms. The van der Waals surface area contributed by atoms with Crippen LogP contribution in [0.2, 0.25) is 0 Å². The van der Waals surface area contributed by atoms with Gasteiger partial charge in [-0.2, -0.15) is 0 Å². The van der Waals surface area contributed by atoms with Gasteiger partial charge in [-0.25, -0.2) is 13.4 Å². The molecule has 2 rings (SSSR count).